The Hall–Kier alpha value is -1.49. The molecule has 3 nitrogen and oxygen atoms in total. The highest BCUT2D eigenvalue weighted by molar-refractivity contribution is 5.70. The Morgan fingerprint density at radius 1 is 1.19 bits per heavy atom. The molecule has 0 N–H and O–H groups in total. The van der Waals surface area contributed by atoms with Gasteiger partial charge in [-0.1, -0.05) is 24.3 Å². The van der Waals surface area contributed by atoms with Crippen LogP contribution in [0, 0.1) is 0 Å². The molecular weight excluding hydrogens is 276 g/mol. The fourth-order valence-electron chi connectivity index (χ4n) is 2.75. The molecule has 21 heavy (non-hydrogen) atoms. The Morgan fingerprint density at radius 2 is 1.76 bits per heavy atom. The van der Waals surface area contributed by atoms with Crippen molar-refractivity contribution in [2.75, 3.05) is 19.7 Å². The van der Waals surface area contributed by atoms with Crippen molar-refractivity contribution in [2.24, 2.45) is 0 Å². The molecule has 0 spiro atoms. The van der Waals surface area contributed by atoms with E-state index >= 15 is 0 Å². The molecule has 1 fully saturated rings. The lowest BCUT2D eigenvalue weighted by Crippen LogP contribution is -2.28. The van der Waals surface area contributed by atoms with Crippen LogP contribution in [0.2, 0.25) is 0 Å². The van der Waals surface area contributed by atoms with Gasteiger partial charge in [-0.05, 0) is 38.4 Å². The van der Waals surface area contributed by atoms with Crippen LogP contribution in [-0.4, -0.2) is 30.6 Å². The molecule has 1 atom stereocenters. The number of nitrogens with zero attached hydrogens (tertiary/aromatic N) is 1. The highest BCUT2D eigenvalue weighted by atomic mass is 19.3. The summed E-state index contributed by atoms with van der Waals surface area (Å²) in [5.74, 6) is -0.243. The second kappa shape index (κ2) is 7.50. The lowest BCUT2D eigenvalue weighted by atomic mass is 10.0. The Balaban J connectivity index is 2.15. The summed E-state index contributed by atoms with van der Waals surface area (Å²) in [6.07, 6.45) is 0.0134. The number of esters is 1. The molecule has 0 aromatic heterocycles. The molecule has 1 saturated heterocycles. The van der Waals surface area contributed by atoms with Crippen LogP contribution in [0.15, 0.2) is 24.3 Å². The van der Waals surface area contributed by atoms with Gasteiger partial charge in [0.2, 0.25) is 0 Å². The van der Waals surface area contributed by atoms with E-state index in [2.05, 4.69) is 4.90 Å². The summed E-state index contributed by atoms with van der Waals surface area (Å²) < 4.78 is 30.3. The first kappa shape index (κ1) is 15.9. The molecule has 1 aliphatic rings. The number of likely N-dealkylation sites (tertiary alicyclic amines) is 1. The largest absolute Gasteiger partial charge is 0.466 e. The topological polar surface area (TPSA) is 29.5 Å². The standard InChI is InChI=1S/C16H21F2NO2/c1-2-21-15(20)11-14(19-9-3-4-10-19)12-5-7-13(8-6-12)16(17)18/h5-8,14,16H,2-4,9-11H2,1H3. The number of hydrogen-bond donors (Lipinski definition) is 0. The van der Waals surface area contributed by atoms with E-state index in [0.717, 1.165) is 31.5 Å². The molecule has 1 unspecified atom stereocenters. The lowest BCUT2D eigenvalue weighted by Gasteiger charge is -2.27. The molecule has 1 aliphatic heterocycles. The van der Waals surface area contributed by atoms with Crippen LogP contribution in [0.1, 0.15) is 49.8 Å². The molecule has 5 heteroatoms. The van der Waals surface area contributed by atoms with Gasteiger partial charge in [0.1, 0.15) is 0 Å². The van der Waals surface area contributed by atoms with E-state index in [0.29, 0.717) is 6.61 Å². The highest BCUT2D eigenvalue weighted by Gasteiger charge is 2.26. The van der Waals surface area contributed by atoms with Crippen LogP contribution in [0.25, 0.3) is 0 Å². The monoisotopic (exact) mass is 297 g/mol. The highest BCUT2D eigenvalue weighted by Crippen LogP contribution is 2.30. The van der Waals surface area contributed by atoms with Crippen LogP contribution in [0.3, 0.4) is 0 Å². The first-order valence-electron chi connectivity index (χ1n) is 7.39. The minimum absolute atomic E-state index is 0.00931. The van der Waals surface area contributed by atoms with Crippen molar-refractivity contribution in [3.8, 4) is 0 Å². The Labute approximate surface area is 123 Å². The second-order valence-corrected chi connectivity index (χ2v) is 5.24. The average molecular weight is 297 g/mol. The van der Waals surface area contributed by atoms with Gasteiger partial charge in [0.15, 0.2) is 0 Å². The second-order valence-electron chi connectivity index (χ2n) is 5.24. The molecule has 1 heterocycles. The summed E-state index contributed by atoms with van der Waals surface area (Å²) >= 11 is 0. The van der Waals surface area contributed by atoms with Crippen LogP contribution < -0.4 is 0 Å². The van der Waals surface area contributed by atoms with Crippen LogP contribution in [0.5, 0.6) is 0 Å². The first-order valence-corrected chi connectivity index (χ1v) is 7.39. The summed E-state index contributed by atoms with van der Waals surface area (Å²) in [5.41, 5.74) is 0.907. The van der Waals surface area contributed by atoms with Crippen molar-refractivity contribution in [3.63, 3.8) is 0 Å². The molecule has 0 radical (unpaired) electrons. The third kappa shape index (κ3) is 4.24. The fourth-order valence-corrected chi connectivity index (χ4v) is 2.75. The fraction of sp³-hybridized carbons (Fsp3) is 0.562. The van der Waals surface area contributed by atoms with E-state index in [9.17, 15) is 13.6 Å². The van der Waals surface area contributed by atoms with Crippen LogP contribution >= 0.6 is 0 Å². The van der Waals surface area contributed by atoms with Gasteiger partial charge in [0.05, 0.1) is 13.0 Å². The zero-order valence-corrected chi connectivity index (χ0v) is 12.2. The van der Waals surface area contributed by atoms with Crippen LogP contribution in [-0.2, 0) is 9.53 Å². The maximum Gasteiger partial charge on any atom is 0.307 e. The normalized spacial score (nSPS) is 17.1. The van der Waals surface area contributed by atoms with E-state index in [1.807, 2.05) is 0 Å². The summed E-state index contributed by atoms with van der Waals surface area (Å²) in [5, 5.41) is 0. The molecule has 116 valence electrons. The van der Waals surface area contributed by atoms with Crippen molar-refractivity contribution in [1.82, 2.24) is 4.90 Å². The predicted octanol–water partition coefficient (Wildman–Crippen LogP) is 3.71. The number of carbonyl (C=O) groups is 1. The van der Waals surface area contributed by atoms with Gasteiger partial charge in [0.25, 0.3) is 6.43 Å². The summed E-state index contributed by atoms with van der Waals surface area (Å²) in [6, 6.07) is 6.19. The Morgan fingerprint density at radius 3 is 2.29 bits per heavy atom. The zero-order valence-electron chi connectivity index (χ0n) is 12.2. The van der Waals surface area contributed by atoms with Gasteiger partial charge < -0.3 is 4.74 Å². The smallest absolute Gasteiger partial charge is 0.307 e. The third-order valence-corrected chi connectivity index (χ3v) is 3.82. The predicted molar refractivity (Wildman–Crippen MR) is 76.2 cm³/mol. The number of halogens is 2. The molecule has 0 bridgehead atoms. The van der Waals surface area contributed by atoms with E-state index in [-0.39, 0.29) is 24.0 Å². The van der Waals surface area contributed by atoms with E-state index < -0.39 is 6.43 Å². The molecular formula is C16H21F2NO2. The maximum absolute atomic E-state index is 12.6. The first-order chi connectivity index (χ1) is 10.1. The van der Waals surface area contributed by atoms with Crippen molar-refractivity contribution in [3.05, 3.63) is 35.4 Å². The zero-order chi connectivity index (χ0) is 15.2. The number of alkyl halides is 2. The van der Waals surface area contributed by atoms with Gasteiger partial charge in [-0.3, -0.25) is 9.69 Å². The lowest BCUT2D eigenvalue weighted by molar-refractivity contribution is -0.144. The van der Waals surface area contributed by atoms with Gasteiger partial charge in [-0.2, -0.15) is 0 Å². The molecule has 1 aromatic rings. The maximum atomic E-state index is 12.6. The number of rotatable bonds is 6. The summed E-state index contributed by atoms with van der Waals surface area (Å²) in [4.78, 5) is 14.0. The van der Waals surface area contributed by atoms with Crippen molar-refractivity contribution < 1.29 is 18.3 Å². The van der Waals surface area contributed by atoms with Gasteiger partial charge in [0, 0.05) is 11.6 Å². The average Bonchev–Trinajstić information content (AvgIpc) is 2.99. The van der Waals surface area contributed by atoms with E-state index in [1.165, 1.54) is 12.1 Å². The van der Waals surface area contributed by atoms with Crippen LogP contribution in [0.4, 0.5) is 8.78 Å². The number of ether oxygens (including phenoxy) is 1. The summed E-state index contributed by atoms with van der Waals surface area (Å²) in [7, 11) is 0. The van der Waals surface area contributed by atoms with Gasteiger partial charge in [-0.15, -0.1) is 0 Å². The minimum atomic E-state index is -2.46. The molecule has 1 aromatic carbocycles. The Kier molecular flexibility index (Phi) is 5.67. The third-order valence-electron chi connectivity index (χ3n) is 3.82. The van der Waals surface area contributed by atoms with E-state index in [4.69, 9.17) is 4.74 Å². The Bertz CT molecular complexity index is 456. The number of benzene rings is 1. The minimum Gasteiger partial charge on any atom is -0.466 e. The summed E-state index contributed by atoms with van der Waals surface area (Å²) in [6.45, 7) is 4.00. The number of carbonyl (C=O) groups excluding carboxylic acids is 1. The molecule has 0 saturated carbocycles. The number of hydrogen-bond acceptors (Lipinski definition) is 3. The molecule has 2 rings (SSSR count). The quantitative estimate of drug-likeness (QED) is 0.750. The molecule has 0 amide bonds. The van der Waals surface area contributed by atoms with Crippen molar-refractivity contribution in [1.29, 1.82) is 0 Å². The SMILES string of the molecule is CCOC(=O)CC(c1ccc(C(F)F)cc1)N1CCCC1. The van der Waals surface area contributed by atoms with Crippen molar-refractivity contribution >= 4 is 5.97 Å². The van der Waals surface area contributed by atoms with Gasteiger partial charge in [-0.25, -0.2) is 8.78 Å². The van der Waals surface area contributed by atoms with Gasteiger partial charge >= 0.3 is 5.97 Å². The van der Waals surface area contributed by atoms with E-state index in [1.54, 1.807) is 19.1 Å². The van der Waals surface area contributed by atoms with Crippen molar-refractivity contribution in [2.45, 2.75) is 38.7 Å². The molecule has 0 aliphatic carbocycles.